The molecular weight excluding hydrogens is 413 g/mol. The maximum Gasteiger partial charge on any atom is 0.416 e. The molecule has 0 radical (unpaired) electrons. The van der Waals surface area contributed by atoms with Gasteiger partial charge in [-0.1, -0.05) is 15.9 Å². The molecule has 0 saturated carbocycles. The Bertz CT molecular complexity index is 1070. The first-order chi connectivity index (χ1) is 12.2. The van der Waals surface area contributed by atoms with Crippen LogP contribution in [0.2, 0.25) is 0 Å². The van der Waals surface area contributed by atoms with Crippen molar-refractivity contribution < 1.29 is 18.0 Å². The molecule has 1 amide bonds. The summed E-state index contributed by atoms with van der Waals surface area (Å²) in [6.45, 7) is 1.80. The van der Waals surface area contributed by atoms with Gasteiger partial charge in [-0.05, 0) is 48.9 Å². The Morgan fingerprint density at radius 2 is 1.88 bits per heavy atom. The van der Waals surface area contributed by atoms with Crippen LogP contribution in [-0.4, -0.2) is 10.9 Å². The number of nitrogens with one attached hydrogen (secondary N) is 2. The first-order valence-electron chi connectivity index (χ1n) is 7.47. The predicted octanol–water partition coefficient (Wildman–Crippen LogP) is 4.87. The summed E-state index contributed by atoms with van der Waals surface area (Å²) in [6.07, 6.45) is -3.39. The van der Waals surface area contributed by atoms with E-state index in [2.05, 4.69) is 26.2 Å². The zero-order valence-corrected chi connectivity index (χ0v) is 15.0. The number of rotatable bonds is 2. The summed E-state index contributed by atoms with van der Waals surface area (Å²) in [4.78, 5) is 27.5. The lowest BCUT2D eigenvalue weighted by atomic mass is 10.1. The topological polar surface area (TPSA) is 62.0 Å². The number of benzene rings is 2. The summed E-state index contributed by atoms with van der Waals surface area (Å²) < 4.78 is 39.2. The largest absolute Gasteiger partial charge is 0.416 e. The Labute approximate surface area is 154 Å². The number of hydrogen-bond donors (Lipinski definition) is 2. The maximum atomic E-state index is 12.8. The predicted molar refractivity (Wildman–Crippen MR) is 96.4 cm³/mol. The molecule has 3 aromatic rings. The van der Waals surface area contributed by atoms with Crippen molar-refractivity contribution in [3.63, 3.8) is 0 Å². The van der Waals surface area contributed by atoms with Gasteiger partial charge in [0.25, 0.3) is 5.91 Å². The fourth-order valence-corrected chi connectivity index (χ4v) is 3.00. The maximum absolute atomic E-state index is 12.8. The van der Waals surface area contributed by atoms with Crippen LogP contribution in [-0.2, 0) is 6.18 Å². The summed E-state index contributed by atoms with van der Waals surface area (Å²) >= 11 is 3.32. The summed E-state index contributed by atoms with van der Waals surface area (Å²) in [7, 11) is 0. The van der Waals surface area contributed by atoms with Gasteiger partial charge in [0.2, 0.25) is 5.43 Å². The van der Waals surface area contributed by atoms with E-state index in [9.17, 15) is 22.8 Å². The molecular formula is C18H12BrF3N2O2. The third-order valence-electron chi connectivity index (χ3n) is 3.89. The molecule has 26 heavy (non-hydrogen) atoms. The van der Waals surface area contributed by atoms with Crippen molar-refractivity contribution in [3.8, 4) is 0 Å². The van der Waals surface area contributed by atoms with Crippen molar-refractivity contribution in [3.05, 3.63) is 74.0 Å². The number of carbonyl (C=O) groups excluding carboxylic acids is 1. The molecule has 0 aliphatic carbocycles. The van der Waals surface area contributed by atoms with Gasteiger partial charge < -0.3 is 10.3 Å². The summed E-state index contributed by atoms with van der Waals surface area (Å²) in [5.41, 5.74) is -0.353. The molecule has 134 valence electrons. The first-order valence-corrected chi connectivity index (χ1v) is 8.26. The van der Waals surface area contributed by atoms with Gasteiger partial charge in [-0.2, -0.15) is 13.2 Å². The lowest BCUT2D eigenvalue weighted by Gasteiger charge is -2.10. The quantitative estimate of drug-likeness (QED) is 0.616. The minimum Gasteiger partial charge on any atom is -0.360 e. The van der Waals surface area contributed by atoms with Crippen molar-refractivity contribution >= 4 is 38.4 Å². The summed E-state index contributed by atoms with van der Waals surface area (Å²) in [5.74, 6) is -0.640. The number of aromatic nitrogens is 1. The zero-order valence-electron chi connectivity index (χ0n) is 13.4. The van der Waals surface area contributed by atoms with Crippen LogP contribution in [0.4, 0.5) is 18.9 Å². The third-order valence-corrected chi connectivity index (χ3v) is 4.38. The van der Waals surface area contributed by atoms with Gasteiger partial charge >= 0.3 is 6.18 Å². The van der Waals surface area contributed by atoms with Crippen LogP contribution in [0.3, 0.4) is 0 Å². The van der Waals surface area contributed by atoms with Gasteiger partial charge in [0.05, 0.1) is 5.56 Å². The van der Waals surface area contributed by atoms with Gasteiger partial charge in [-0.15, -0.1) is 0 Å². The van der Waals surface area contributed by atoms with Crippen LogP contribution < -0.4 is 10.7 Å². The molecule has 2 aromatic carbocycles. The monoisotopic (exact) mass is 424 g/mol. The van der Waals surface area contributed by atoms with E-state index in [-0.39, 0.29) is 16.5 Å². The average molecular weight is 425 g/mol. The van der Waals surface area contributed by atoms with Gasteiger partial charge in [-0.3, -0.25) is 9.59 Å². The second-order valence-corrected chi connectivity index (χ2v) is 6.62. The highest BCUT2D eigenvalue weighted by molar-refractivity contribution is 9.10. The molecule has 0 unspecified atom stereocenters. The molecule has 3 rings (SSSR count). The molecule has 0 aliphatic rings. The Morgan fingerprint density at radius 1 is 1.15 bits per heavy atom. The molecule has 0 bridgehead atoms. The number of carbonyl (C=O) groups is 1. The van der Waals surface area contributed by atoms with Gasteiger partial charge in [0, 0.05) is 27.3 Å². The molecule has 4 nitrogen and oxygen atoms in total. The van der Waals surface area contributed by atoms with E-state index in [1.807, 2.05) is 0 Å². The number of anilines is 1. The number of aryl methyl sites for hydroxylation is 1. The normalized spacial score (nSPS) is 11.6. The van der Waals surface area contributed by atoms with Crippen molar-refractivity contribution in [1.82, 2.24) is 4.98 Å². The minimum atomic E-state index is -4.51. The van der Waals surface area contributed by atoms with Gasteiger partial charge in [0.15, 0.2) is 0 Å². The molecule has 8 heteroatoms. The Balaban J connectivity index is 1.99. The number of aromatic amines is 1. The number of fused-ring (bicyclic) bond motifs is 1. The molecule has 1 aromatic heterocycles. The molecule has 2 N–H and O–H groups in total. The standard InChI is InChI=1S/C18H12BrF3N2O2/c1-9-6-11(19)3-5-14(9)24-17(26)13-8-23-15-7-10(18(20,21)22)2-4-12(15)16(13)25/h2-8H,1H3,(H,23,25)(H,24,26). The number of hydrogen-bond acceptors (Lipinski definition) is 2. The Hall–Kier alpha value is -2.61. The Kier molecular flexibility index (Phi) is 4.62. The highest BCUT2D eigenvalue weighted by atomic mass is 79.9. The van der Waals surface area contributed by atoms with Gasteiger partial charge in [0.1, 0.15) is 5.56 Å². The smallest absolute Gasteiger partial charge is 0.360 e. The zero-order chi connectivity index (χ0) is 19.1. The van der Waals surface area contributed by atoms with E-state index in [4.69, 9.17) is 0 Å². The number of H-pyrrole nitrogens is 1. The summed E-state index contributed by atoms with van der Waals surface area (Å²) in [5, 5.41) is 2.65. The van der Waals surface area contributed by atoms with Crippen LogP contribution in [0, 0.1) is 6.92 Å². The second-order valence-electron chi connectivity index (χ2n) is 5.70. The van der Waals surface area contributed by atoms with E-state index >= 15 is 0 Å². The summed E-state index contributed by atoms with van der Waals surface area (Å²) in [6, 6.07) is 7.96. The van der Waals surface area contributed by atoms with Gasteiger partial charge in [-0.25, -0.2) is 0 Å². The number of pyridine rings is 1. The first kappa shape index (κ1) is 18.2. The fraction of sp³-hybridized carbons (Fsp3) is 0.111. The average Bonchev–Trinajstić information content (AvgIpc) is 2.56. The molecule has 0 atom stereocenters. The highest BCUT2D eigenvalue weighted by Gasteiger charge is 2.30. The van der Waals surface area contributed by atoms with E-state index in [1.54, 1.807) is 25.1 Å². The van der Waals surface area contributed by atoms with Crippen LogP contribution in [0.15, 0.2) is 51.9 Å². The second kappa shape index (κ2) is 6.60. The molecule has 0 aliphatic heterocycles. The van der Waals surface area contributed by atoms with Crippen molar-refractivity contribution in [2.45, 2.75) is 13.1 Å². The van der Waals surface area contributed by atoms with Crippen molar-refractivity contribution in [1.29, 1.82) is 0 Å². The van der Waals surface area contributed by atoms with Crippen LogP contribution >= 0.6 is 15.9 Å². The van der Waals surface area contributed by atoms with Crippen molar-refractivity contribution in [2.75, 3.05) is 5.32 Å². The Morgan fingerprint density at radius 3 is 2.54 bits per heavy atom. The molecule has 0 saturated heterocycles. The van der Waals surface area contributed by atoms with E-state index in [0.717, 1.165) is 34.4 Å². The molecule has 0 spiro atoms. The fourth-order valence-electron chi connectivity index (χ4n) is 2.52. The molecule has 1 heterocycles. The number of alkyl halides is 3. The van der Waals surface area contributed by atoms with Crippen LogP contribution in [0.5, 0.6) is 0 Å². The van der Waals surface area contributed by atoms with Crippen LogP contribution in [0.25, 0.3) is 10.9 Å². The lowest BCUT2D eigenvalue weighted by molar-refractivity contribution is -0.137. The number of halogens is 4. The van der Waals surface area contributed by atoms with E-state index in [1.165, 1.54) is 0 Å². The lowest BCUT2D eigenvalue weighted by Crippen LogP contribution is -2.22. The van der Waals surface area contributed by atoms with E-state index in [0.29, 0.717) is 5.69 Å². The van der Waals surface area contributed by atoms with E-state index < -0.39 is 23.1 Å². The number of amides is 1. The van der Waals surface area contributed by atoms with Crippen molar-refractivity contribution in [2.24, 2.45) is 0 Å². The molecule has 0 fully saturated rings. The minimum absolute atomic E-state index is 0.0122. The highest BCUT2D eigenvalue weighted by Crippen LogP contribution is 2.30. The van der Waals surface area contributed by atoms with Crippen LogP contribution in [0.1, 0.15) is 21.5 Å². The SMILES string of the molecule is Cc1cc(Br)ccc1NC(=O)c1c[nH]c2cc(C(F)(F)F)ccc2c1=O. The third kappa shape index (κ3) is 3.50.